The quantitative estimate of drug-likeness (QED) is 0.356. The summed E-state index contributed by atoms with van der Waals surface area (Å²) in [7, 11) is 0. The van der Waals surface area contributed by atoms with Gasteiger partial charge in [-0.2, -0.15) is 0 Å². The molecule has 1 aliphatic heterocycles. The number of rotatable bonds is 11. The minimum Gasteiger partial charge on any atom is -0.483 e. The Morgan fingerprint density at radius 1 is 0.923 bits per heavy atom. The lowest BCUT2D eigenvalue weighted by molar-refractivity contribution is -0.146. The summed E-state index contributed by atoms with van der Waals surface area (Å²) < 4.78 is 11.1. The fourth-order valence-corrected chi connectivity index (χ4v) is 5.19. The second-order valence-corrected chi connectivity index (χ2v) is 9.49. The molecule has 0 amide bonds. The summed E-state index contributed by atoms with van der Waals surface area (Å²) in [6.45, 7) is 2.85. The van der Waals surface area contributed by atoms with Gasteiger partial charge in [-0.1, -0.05) is 30.3 Å². The smallest absolute Gasteiger partial charge is 0.341 e. The van der Waals surface area contributed by atoms with Crippen molar-refractivity contribution in [1.82, 2.24) is 9.88 Å². The van der Waals surface area contributed by atoms with Gasteiger partial charge in [-0.15, -0.1) is 0 Å². The zero-order valence-electron chi connectivity index (χ0n) is 21.3. The second kappa shape index (κ2) is 11.6. The van der Waals surface area contributed by atoms with Gasteiger partial charge in [-0.3, -0.25) is 14.7 Å². The number of carboxylic acid groups (broad SMARTS) is 2. The van der Waals surface area contributed by atoms with Gasteiger partial charge in [0.2, 0.25) is 0 Å². The summed E-state index contributed by atoms with van der Waals surface area (Å²) in [5.41, 5.74) is 2.92. The molecule has 1 fully saturated rings. The number of carbonyl (C=O) groups excluding carboxylic acids is 1. The molecule has 39 heavy (non-hydrogen) atoms. The molecule has 5 rings (SSSR count). The highest BCUT2D eigenvalue weighted by Gasteiger charge is 2.30. The van der Waals surface area contributed by atoms with E-state index in [1.807, 2.05) is 30.3 Å². The Balaban J connectivity index is 1.35. The lowest BCUT2D eigenvalue weighted by atomic mass is 9.86. The minimum atomic E-state index is -1.18. The number of ketones is 1. The number of ether oxygens (including phenoxy) is 2. The van der Waals surface area contributed by atoms with Crippen LogP contribution in [-0.2, 0) is 19.1 Å². The summed E-state index contributed by atoms with van der Waals surface area (Å²) in [5, 5.41) is 20.0. The predicted molar refractivity (Wildman–Crippen MR) is 144 cm³/mol. The summed E-state index contributed by atoms with van der Waals surface area (Å²) in [5.74, 6) is -2.20. The van der Waals surface area contributed by atoms with Crippen molar-refractivity contribution in [3.05, 3.63) is 77.3 Å². The number of pyridine rings is 1. The first-order valence-electron chi connectivity index (χ1n) is 12.8. The maximum absolute atomic E-state index is 13.5. The Hall–Kier alpha value is -4.28. The van der Waals surface area contributed by atoms with E-state index >= 15 is 0 Å². The van der Waals surface area contributed by atoms with Crippen LogP contribution in [0.3, 0.4) is 0 Å². The molecule has 1 aromatic heterocycles. The molecular weight excluding hydrogens is 502 g/mol. The fourth-order valence-electron chi connectivity index (χ4n) is 5.19. The third-order valence-corrected chi connectivity index (χ3v) is 7.04. The molecule has 2 N–H and O–H groups in total. The van der Waals surface area contributed by atoms with E-state index in [2.05, 4.69) is 14.8 Å². The number of carboxylic acids is 2. The monoisotopic (exact) mass is 531 g/mol. The van der Waals surface area contributed by atoms with Crippen LogP contribution < -0.4 is 4.90 Å². The van der Waals surface area contributed by atoms with Crippen molar-refractivity contribution in [2.24, 2.45) is 0 Å². The summed E-state index contributed by atoms with van der Waals surface area (Å²) >= 11 is 0. The highest BCUT2D eigenvalue weighted by molar-refractivity contribution is 6.08. The van der Waals surface area contributed by atoms with Crippen molar-refractivity contribution >= 4 is 40.3 Å². The molecule has 1 atom stereocenters. The number of benzene rings is 2. The maximum Gasteiger partial charge on any atom is 0.341 e. The van der Waals surface area contributed by atoms with Crippen LogP contribution in [-0.4, -0.2) is 83.8 Å². The van der Waals surface area contributed by atoms with Gasteiger partial charge in [0, 0.05) is 62.8 Å². The molecule has 202 valence electrons. The van der Waals surface area contributed by atoms with Crippen LogP contribution in [0.15, 0.2) is 60.6 Å². The number of hydrogen-bond donors (Lipinski definition) is 2. The molecule has 0 radical (unpaired) electrons. The zero-order chi connectivity index (χ0) is 27.4. The van der Waals surface area contributed by atoms with Crippen molar-refractivity contribution < 1.29 is 34.1 Å². The molecule has 0 saturated carbocycles. The van der Waals surface area contributed by atoms with Gasteiger partial charge in [-0.25, -0.2) is 9.59 Å². The predicted octanol–water partition coefficient (Wildman–Crippen LogP) is 3.23. The van der Waals surface area contributed by atoms with Crippen LogP contribution in [0.4, 0.5) is 5.69 Å². The first-order chi connectivity index (χ1) is 18.9. The maximum atomic E-state index is 13.5. The van der Waals surface area contributed by atoms with E-state index in [1.165, 1.54) is 0 Å². The molecule has 2 aromatic carbocycles. The molecule has 1 unspecified atom stereocenters. The summed E-state index contributed by atoms with van der Waals surface area (Å²) in [6, 6.07) is 13.2. The number of hydrogen-bond acceptors (Lipinski definition) is 8. The molecule has 0 spiro atoms. The first-order valence-corrected chi connectivity index (χ1v) is 12.8. The SMILES string of the molecule is O=C(O)COC1=Cc2c(C(=O)CCN3CCN(c4ccncc4)CC3)ccc3cccc(c23)C1OCC(=O)O. The van der Waals surface area contributed by atoms with Gasteiger partial charge < -0.3 is 24.6 Å². The number of aliphatic carboxylic acids is 2. The fraction of sp³-hybridized carbons (Fsp3) is 0.310. The van der Waals surface area contributed by atoms with Gasteiger partial charge in [0.25, 0.3) is 0 Å². The van der Waals surface area contributed by atoms with Crippen LogP contribution in [0, 0.1) is 0 Å². The van der Waals surface area contributed by atoms with E-state index in [9.17, 15) is 14.4 Å². The lowest BCUT2D eigenvalue weighted by Crippen LogP contribution is -2.46. The Bertz CT molecular complexity index is 1420. The van der Waals surface area contributed by atoms with Crippen LogP contribution in [0.2, 0.25) is 0 Å². The van der Waals surface area contributed by atoms with E-state index in [0.717, 1.165) is 42.6 Å². The van der Waals surface area contributed by atoms with Crippen LogP contribution in [0.5, 0.6) is 0 Å². The molecule has 3 aromatic rings. The van der Waals surface area contributed by atoms with E-state index in [0.29, 0.717) is 29.7 Å². The van der Waals surface area contributed by atoms with Crippen LogP contribution in [0.25, 0.3) is 16.8 Å². The number of Topliss-reactive ketones (excluding diaryl/α,β-unsaturated/α-hetero) is 1. The molecule has 0 bridgehead atoms. The third kappa shape index (κ3) is 5.92. The van der Waals surface area contributed by atoms with Crippen molar-refractivity contribution in [3.63, 3.8) is 0 Å². The second-order valence-electron chi connectivity index (χ2n) is 9.49. The van der Waals surface area contributed by atoms with Crippen molar-refractivity contribution in [1.29, 1.82) is 0 Å². The van der Waals surface area contributed by atoms with E-state index in [1.54, 1.807) is 30.6 Å². The molecular formula is C29H29N3O7. The van der Waals surface area contributed by atoms with Gasteiger partial charge in [0.05, 0.1) is 0 Å². The number of carbonyl (C=O) groups is 3. The third-order valence-electron chi connectivity index (χ3n) is 7.04. The van der Waals surface area contributed by atoms with Crippen molar-refractivity contribution in [3.8, 4) is 0 Å². The molecule has 2 aliphatic rings. The molecule has 10 nitrogen and oxygen atoms in total. The molecule has 1 aliphatic carbocycles. The number of piperazine rings is 1. The van der Waals surface area contributed by atoms with E-state index in [4.69, 9.17) is 19.7 Å². The van der Waals surface area contributed by atoms with Crippen LogP contribution >= 0.6 is 0 Å². The summed E-state index contributed by atoms with van der Waals surface area (Å²) in [4.78, 5) is 44.6. The number of nitrogens with zero attached hydrogens (tertiary/aromatic N) is 3. The van der Waals surface area contributed by atoms with Gasteiger partial charge >= 0.3 is 11.9 Å². The Kier molecular flexibility index (Phi) is 7.85. The van der Waals surface area contributed by atoms with E-state index in [-0.39, 0.29) is 11.5 Å². The standard InChI is InChI=1S/C29H29N3O7/c33-24(8-11-31-12-14-32(15-13-31)20-6-9-30-10-7-20)21-5-4-19-2-1-3-22-28(19)23(21)16-25(38-17-26(34)35)29(22)39-18-27(36)37/h1-7,9-10,16,29H,8,11-15,17-18H2,(H,34,35)(H,36,37). The normalized spacial score (nSPS) is 17.1. The lowest BCUT2D eigenvalue weighted by Gasteiger charge is -2.36. The minimum absolute atomic E-state index is 0.0306. The van der Waals surface area contributed by atoms with Crippen molar-refractivity contribution in [2.45, 2.75) is 12.5 Å². The Labute approximate surface area is 225 Å². The largest absolute Gasteiger partial charge is 0.483 e. The molecule has 1 saturated heterocycles. The first kappa shape index (κ1) is 26.3. The number of anilines is 1. The van der Waals surface area contributed by atoms with E-state index < -0.39 is 31.3 Å². The zero-order valence-corrected chi connectivity index (χ0v) is 21.3. The average molecular weight is 532 g/mol. The van der Waals surface area contributed by atoms with Crippen LogP contribution in [0.1, 0.15) is 34.0 Å². The highest BCUT2D eigenvalue weighted by atomic mass is 16.6. The number of aromatic nitrogens is 1. The molecule has 2 heterocycles. The van der Waals surface area contributed by atoms with Gasteiger partial charge in [0.15, 0.2) is 12.4 Å². The topological polar surface area (TPSA) is 130 Å². The highest BCUT2D eigenvalue weighted by Crippen LogP contribution is 2.41. The van der Waals surface area contributed by atoms with Gasteiger partial charge in [0.1, 0.15) is 18.5 Å². The summed E-state index contributed by atoms with van der Waals surface area (Å²) in [6.07, 6.45) is 4.61. The average Bonchev–Trinajstić information content (AvgIpc) is 2.95. The van der Waals surface area contributed by atoms with Crippen molar-refractivity contribution in [2.75, 3.05) is 50.8 Å². The van der Waals surface area contributed by atoms with Gasteiger partial charge in [-0.05, 0) is 40.1 Å². The molecule has 10 heteroatoms. The Morgan fingerprint density at radius 2 is 1.67 bits per heavy atom. The Morgan fingerprint density at radius 3 is 2.38 bits per heavy atom.